The molecule has 1 fully saturated rings. The Morgan fingerprint density at radius 1 is 1.10 bits per heavy atom. The Labute approximate surface area is 183 Å². The summed E-state index contributed by atoms with van der Waals surface area (Å²) < 4.78 is 0. The van der Waals surface area contributed by atoms with Gasteiger partial charge in [0.1, 0.15) is 0 Å². The summed E-state index contributed by atoms with van der Waals surface area (Å²) in [5, 5.41) is 10.3. The normalized spacial score (nSPS) is 17.8. The minimum atomic E-state index is -0.311. The van der Waals surface area contributed by atoms with Crippen LogP contribution in [0, 0.1) is 5.41 Å². The van der Waals surface area contributed by atoms with E-state index in [2.05, 4.69) is 35.0 Å². The fourth-order valence-corrected chi connectivity index (χ4v) is 4.52. The summed E-state index contributed by atoms with van der Waals surface area (Å²) in [7, 11) is 2.13. The summed E-state index contributed by atoms with van der Waals surface area (Å²) >= 11 is 6.62. The fraction of sp³-hybridized carbons (Fsp3) is 0.458. The van der Waals surface area contributed by atoms with Crippen LogP contribution in [0.1, 0.15) is 35.3 Å². The molecule has 2 aromatic carbocycles. The molecule has 1 N–H and O–H groups in total. The van der Waals surface area contributed by atoms with Gasteiger partial charge in [-0.2, -0.15) is 0 Å². The van der Waals surface area contributed by atoms with E-state index < -0.39 is 0 Å². The van der Waals surface area contributed by atoms with Crippen molar-refractivity contribution in [2.45, 2.75) is 26.9 Å². The zero-order valence-electron chi connectivity index (χ0n) is 18.0. The largest absolute Gasteiger partial charge is 0.396 e. The molecule has 0 unspecified atom stereocenters. The maximum atomic E-state index is 12.7. The fourth-order valence-electron chi connectivity index (χ4n) is 4.27. The van der Waals surface area contributed by atoms with E-state index in [9.17, 15) is 9.90 Å². The minimum absolute atomic E-state index is 0.0436. The molecule has 6 heteroatoms. The third-order valence-electron chi connectivity index (χ3n) is 6.05. The molecule has 1 amide bonds. The average Bonchev–Trinajstić information content (AvgIpc) is 3.25. The van der Waals surface area contributed by atoms with E-state index in [0.717, 1.165) is 59.1 Å². The predicted octanol–water partition coefficient (Wildman–Crippen LogP) is 3.69. The van der Waals surface area contributed by atoms with Crippen LogP contribution in [-0.2, 0) is 13.1 Å². The Kier molecular flexibility index (Phi) is 5.90. The quantitative estimate of drug-likeness (QED) is 0.763. The van der Waals surface area contributed by atoms with Gasteiger partial charge in [-0.3, -0.25) is 14.6 Å². The molecule has 1 saturated heterocycles. The molecule has 0 spiro atoms. The number of carbonyl (C=O) groups excluding carboxylic acids is 1. The van der Waals surface area contributed by atoms with Gasteiger partial charge >= 0.3 is 0 Å². The molecule has 2 aliphatic heterocycles. The van der Waals surface area contributed by atoms with E-state index in [-0.39, 0.29) is 17.9 Å². The molecule has 2 aliphatic rings. The molecule has 0 atom stereocenters. The van der Waals surface area contributed by atoms with Gasteiger partial charge < -0.3 is 10.0 Å². The van der Waals surface area contributed by atoms with Crippen LogP contribution in [0.2, 0.25) is 5.02 Å². The molecular weight excluding hydrogens is 398 g/mol. The number of hydrogen-bond acceptors (Lipinski definition) is 4. The van der Waals surface area contributed by atoms with Crippen LogP contribution in [0.15, 0.2) is 36.4 Å². The Bertz CT molecular complexity index is 959. The van der Waals surface area contributed by atoms with E-state index >= 15 is 0 Å². The number of likely N-dealkylation sites (N-methyl/N-ethyl adjacent to an activating group) is 1. The van der Waals surface area contributed by atoms with Gasteiger partial charge in [-0.05, 0) is 47.5 Å². The highest BCUT2D eigenvalue weighted by molar-refractivity contribution is 6.31. The maximum Gasteiger partial charge on any atom is 0.254 e. The van der Waals surface area contributed by atoms with Crippen molar-refractivity contribution in [3.8, 4) is 11.1 Å². The molecule has 160 valence electrons. The van der Waals surface area contributed by atoms with Gasteiger partial charge in [-0.15, -0.1) is 0 Å². The van der Waals surface area contributed by atoms with Gasteiger partial charge in [-0.1, -0.05) is 43.6 Å². The third-order valence-corrected chi connectivity index (χ3v) is 6.40. The monoisotopic (exact) mass is 427 g/mol. The van der Waals surface area contributed by atoms with Crippen LogP contribution in [-0.4, -0.2) is 65.7 Å². The van der Waals surface area contributed by atoms with E-state index in [1.807, 2.05) is 36.9 Å². The van der Waals surface area contributed by atoms with Gasteiger partial charge in [0.2, 0.25) is 0 Å². The lowest BCUT2D eigenvalue weighted by Crippen LogP contribution is -2.36. The molecule has 4 rings (SSSR count). The molecule has 30 heavy (non-hydrogen) atoms. The maximum absolute atomic E-state index is 12.7. The second kappa shape index (κ2) is 8.31. The molecule has 0 radical (unpaired) electrons. The van der Waals surface area contributed by atoms with Crippen LogP contribution in [0.3, 0.4) is 0 Å². The SMILES string of the molecule is CN1CCN(Cc2ccc(-c3ccc4c(c3)CN(CC(C)(C)CO)C4=O)cc2Cl)C1. The first-order valence-electron chi connectivity index (χ1n) is 10.5. The van der Waals surface area contributed by atoms with Crippen molar-refractivity contribution >= 4 is 17.5 Å². The second-order valence-corrected chi connectivity index (χ2v) is 9.84. The molecule has 2 heterocycles. The molecule has 0 aliphatic carbocycles. The smallest absolute Gasteiger partial charge is 0.254 e. The number of benzene rings is 2. The van der Waals surface area contributed by atoms with E-state index in [4.69, 9.17) is 11.6 Å². The molecular formula is C24H30ClN3O2. The van der Waals surface area contributed by atoms with Crippen molar-refractivity contribution in [3.05, 3.63) is 58.1 Å². The number of aliphatic hydroxyl groups is 1. The minimum Gasteiger partial charge on any atom is -0.396 e. The Morgan fingerprint density at radius 3 is 2.50 bits per heavy atom. The summed E-state index contributed by atoms with van der Waals surface area (Å²) in [5.41, 5.74) is 4.75. The number of rotatable bonds is 6. The number of aliphatic hydroxyl groups excluding tert-OH is 1. The van der Waals surface area contributed by atoms with Crippen molar-refractivity contribution in [2.75, 3.05) is 40.0 Å². The van der Waals surface area contributed by atoms with Gasteiger partial charge in [0.05, 0.1) is 6.67 Å². The van der Waals surface area contributed by atoms with Crippen LogP contribution in [0.25, 0.3) is 11.1 Å². The molecule has 5 nitrogen and oxygen atoms in total. The Balaban J connectivity index is 1.51. The van der Waals surface area contributed by atoms with Crippen LogP contribution in [0.4, 0.5) is 0 Å². The molecule has 2 aromatic rings. The first-order chi connectivity index (χ1) is 14.3. The highest BCUT2D eigenvalue weighted by Crippen LogP contribution is 2.32. The van der Waals surface area contributed by atoms with Crippen molar-refractivity contribution in [3.63, 3.8) is 0 Å². The van der Waals surface area contributed by atoms with Crippen LogP contribution in [0.5, 0.6) is 0 Å². The van der Waals surface area contributed by atoms with Crippen molar-refractivity contribution in [1.29, 1.82) is 0 Å². The molecule has 0 aromatic heterocycles. The zero-order valence-corrected chi connectivity index (χ0v) is 18.7. The van der Waals surface area contributed by atoms with Crippen LogP contribution < -0.4 is 0 Å². The van der Waals surface area contributed by atoms with Crippen molar-refractivity contribution < 1.29 is 9.90 Å². The lowest BCUT2D eigenvalue weighted by molar-refractivity contribution is 0.0625. The number of halogens is 1. The summed E-state index contributed by atoms with van der Waals surface area (Å²) in [6.07, 6.45) is 0. The van der Waals surface area contributed by atoms with Gasteiger partial charge in [0.15, 0.2) is 0 Å². The number of amides is 1. The summed E-state index contributed by atoms with van der Waals surface area (Å²) in [6.45, 7) is 9.11. The van der Waals surface area contributed by atoms with E-state index in [1.165, 1.54) is 0 Å². The number of hydrogen-bond donors (Lipinski definition) is 1. The van der Waals surface area contributed by atoms with Gasteiger partial charge in [0.25, 0.3) is 5.91 Å². The lowest BCUT2D eigenvalue weighted by Gasteiger charge is -2.28. The Hall–Kier alpha value is -1.92. The van der Waals surface area contributed by atoms with Crippen molar-refractivity contribution in [2.24, 2.45) is 5.41 Å². The summed E-state index contributed by atoms with van der Waals surface area (Å²) in [6, 6.07) is 12.3. The highest BCUT2D eigenvalue weighted by atomic mass is 35.5. The predicted molar refractivity (Wildman–Crippen MR) is 120 cm³/mol. The zero-order chi connectivity index (χ0) is 21.5. The average molecular weight is 428 g/mol. The van der Waals surface area contributed by atoms with Gasteiger partial charge in [0, 0.05) is 55.3 Å². The van der Waals surface area contributed by atoms with Crippen molar-refractivity contribution in [1.82, 2.24) is 14.7 Å². The first kappa shape index (κ1) is 21.3. The second-order valence-electron chi connectivity index (χ2n) is 9.44. The van der Waals surface area contributed by atoms with E-state index in [0.29, 0.717) is 13.1 Å². The molecule has 0 bridgehead atoms. The van der Waals surface area contributed by atoms with Gasteiger partial charge in [-0.25, -0.2) is 0 Å². The Morgan fingerprint density at radius 2 is 1.83 bits per heavy atom. The number of fused-ring (bicyclic) bond motifs is 1. The topological polar surface area (TPSA) is 47.0 Å². The first-order valence-corrected chi connectivity index (χ1v) is 10.9. The highest BCUT2D eigenvalue weighted by Gasteiger charge is 2.31. The summed E-state index contributed by atoms with van der Waals surface area (Å²) in [5.74, 6) is 0.0436. The number of carbonyl (C=O) groups is 1. The lowest BCUT2D eigenvalue weighted by atomic mass is 9.94. The standard InChI is InChI=1S/C24H30ClN3O2/c1-24(2,15-29)14-28-13-20-10-17(6-7-21(20)23(28)30)18-4-5-19(22(25)11-18)12-27-9-8-26(3)16-27/h4-7,10-11,29H,8-9,12-16H2,1-3H3. The summed E-state index contributed by atoms with van der Waals surface area (Å²) in [4.78, 5) is 19.3. The number of nitrogens with zero attached hydrogens (tertiary/aromatic N) is 3. The molecule has 0 saturated carbocycles. The third kappa shape index (κ3) is 4.40. The van der Waals surface area contributed by atoms with E-state index in [1.54, 1.807) is 0 Å². The van der Waals surface area contributed by atoms with Crippen LogP contribution >= 0.6 is 11.6 Å².